The predicted molar refractivity (Wildman–Crippen MR) is 73.4 cm³/mol. The molecule has 3 nitrogen and oxygen atoms in total. The molecule has 0 aromatic heterocycles. The van der Waals surface area contributed by atoms with Crippen molar-refractivity contribution in [2.45, 2.75) is 6.10 Å². The van der Waals surface area contributed by atoms with Crippen LogP contribution in [-0.4, -0.2) is 29.5 Å². The van der Waals surface area contributed by atoms with Gasteiger partial charge in [-0.1, -0.05) is 24.3 Å². The lowest BCUT2D eigenvalue weighted by atomic mass is 10.1. The molecule has 0 fully saturated rings. The molecular weight excluding hydrogens is 245 g/mol. The number of hydrogen-bond donors (Lipinski definition) is 3. The highest BCUT2D eigenvalue weighted by Gasteiger charge is 2.03. The van der Waals surface area contributed by atoms with Crippen LogP contribution in [0, 0.1) is 5.82 Å². The van der Waals surface area contributed by atoms with Crippen LogP contribution in [0.5, 0.6) is 0 Å². The van der Waals surface area contributed by atoms with Gasteiger partial charge in [-0.3, -0.25) is 0 Å². The van der Waals surface area contributed by atoms with E-state index in [9.17, 15) is 9.50 Å². The maximum Gasteiger partial charge on any atom is 0.123 e. The summed E-state index contributed by atoms with van der Waals surface area (Å²) in [6, 6.07) is 13.9. The van der Waals surface area contributed by atoms with E-state index in [1.54, 1.807) is 6.07 Å². The van der Waals surface area contributed by atoms with Gasteiger partial charge in [-0.2, -0.15) is 0 Å². The highest BCUT2D eigenvalue weighted by Crippen LogP contribution is 2.23. The fourth-order valence-corrected chi connectivity index (χ4v) is 1.78. The summed E-state index contributed by atoms with van der Waals surface area (Å²) in [7, 11) is 0. The Bertz CT molecular complexity index is 545. The molecule has 100 valence electrons. The van der Waals surface area contributed by atoms with Crippen molar-refractivity contribution in [3.63, 3.8) is 0 Å². The molecule has 0 saturated heterocycles. The van der Waals surface area contributed by atoms with Crippen LogP contribution in [0.2, 0.25) is 0 Å². The van der Waals surface area contributed by atoms with E-state index in [1.807, 2.05) is 30.3 Å². The van der Waals surface area contributed by atoms with Crippen molar-refractivity contribution in [2.24, 2.45) is 0 Å². The van der Waals surface area contributed by atoms with Gasteiger partial charge in [0.1, 0.15) is 5.82 Å². The van der Waals surface area contributed by atoms with E-state index in [0.717, 1.165) is 16.8 Å². The minimum Gasteiger partial charge on any atom is -0.394 e. The number of halogens is 1. The highest BCUT2D eigenvalue weighted by atomic mass is 19.1. The molecule has 19 heavy (non-hydrogen) atoms. The molecule has 2 rings (SSSR count). The molecule has 0 spiro atoms. The van der Waals surface area contributed by atoms with Crippen LogP contribution in [0.1, 0.15) is 0 Å². The Hall–Kier alpha value is -1.91. The topological polar surface area (TPSA) is 52.5 Å². The fourth-order valence-electron chi connectivity index (χ4n) is 1.78. The zero-order valence-electron chi connectivity index (χ0n) is 10.4. The van der Waals surface area contributed by atoms with Gasteiger partial charge in [0.15, 0.2) is 0 Å². The van der Waals surface area contributed by atoms with E-state index in [0.29, 0.717) is 0 Å². The molecule has 2 aromatic carbocycles. The predicted octanol–water partition coefficient (Wildman–Crippen LogP) is 2.26. The van der Waals surface area contributed by atoms with Crippen LogP contribution in [0.15, 0.2) is 48.5 Å². The first-order valence-electron chi connectivity index (χ1n) is 6.08. The third-order valence-electron chi connectivity index (χ3n) is 2.77. The van der Waals surface area contributed by atoms with Crippen LogP contribution < -0.4 is 5.32 Å². The third kappa shape index (κ3) is 3.77. The van der Waals surface area contributed by atoms with Gasteiger partial charge in [0.25, 0.3) is 0 Å². The van der Waals surface area contributed by atoms with Crippen molar-refractivity contribution >= 4 is 5.69 Å². The van der Waals surface area contributed by atoms with Crippen molar-refractivity contribution < 1.29 is 14.6 Å². The van der Waals surface area contributed by atoms with Crippen molar-refractivity contribution in [2.75, 3.05) is 18.5 Å². The van der Waals surface area contributed by atoms with E-state index in [2.05, 4.69) is 5.32 Å². The molecule has 0 bridgehead atoms. The molecular formula is C15H16FNO2. The smallest absolute Gasteiger partial charge is 0.123 e. The van der Waals surface area contributed by atoms with Gasteiger partial charge < -0.3 is 15.5 Å². The second-order valence-corrected chi connectivity index (χ2v) is 4.31. The number of benzene rings is 2. The number of rotatable bonds is 5. The number of aliphatic hydroxyl groups is 2. The standard InChI is InChI=1S/C15H16FNO2/c16-13-5-1-3-11(7-13)12-4-2-6-14(8-12)17-9-15(19)10-18/h1-8,15,17-19H,9-10H2. The monoisotopic (exact) mass is 261 g/mol. The lowest BCUT2D eigenvalue weighted by Gasteiger charge is -2.11. The van der Waals surface area contributed by atoms with Gasteiger partial charge in [-0.15, -0.1) is 0 Å². The zero-order valence-corrected chi connectivity index (χ0v) is 10.4. The second-order valence-electron chi connectivity index (χ2n) is 4.31. The summed E-state index contributed by atoms with van der Waals surface area (Å²) in [6.07, 6.45) is -0.794. The van der Waals surface area contributed by atoms with Crippen molar-refractivity contribution in [1.29, 1.82) is 0 Å². The maximum absolute atomic E-state index is 13.2. The van der Waals surface area contributed by atoms with Crippen LogP contribution in [0.3, 0.4) is 0 Å². The molecule has 0 aliphatic heterocycles. The number of anilines is 1. The van der Waals surface area contributed by atoms with E-state index in [-0.39, 0.29) is 19.0 Å². The molecule has 1 unspecified atom stereocenters. The number of aliphatic hydroxyl groups excluding tert-OH is 2. The van der Waals surface area contributed by atoms with E-state index in [4.69, 9.17) is 5.11 Å². The van der Waals surface area contributed by atoms with Crippen LogP contribution >= 0.6 is 0 Å². The Morgan fingerprint density at radius 3 is 2.42 bits per heavy atom. The summed E-state index contributed by atoms with van der Waals surface area (Å²) in [5, 5.41) is 21.0. The Morgan fingerprint density at radius 1 is 1.05 bits per heavy atom. The molecule has 2 aromatic rings. The largest absolute Gasteiger partial charge is 0.394 e. The lowest BCUT2D eigenvalue weighted by molar-refractivity contribution is 0.105. The van der Waals surface area contributed by atoms with E-state index in [1.165, 1.54) is 12.1 Å². The zero-order chi connectivity index (χ0) is 13.7. The van der Waals surface area contributed by atoms with Crippen LogP contribution in [0.4, 0.5) is 10.1 Å². The Morgan fingerprint density at radius 2 is 1.74 bits per heavy atom. The summed E-state index contributed by atoms with van der Waals surface area (Å²) in [6.45, 7) is -0.0142. The van der Waals surface area contributed by atoms with Crippen molar-refractivity contribution in [3.05, 3.63) is 54.3 Å². The number of hydrogen-bond acceptors (Lipinski definition) is 3. The normalized spacial score (nSPS) is 12.2. The quantitative estimate of drug-likeness (QED) is 0.774. The van der Waals surface area contributed by atoms with E-state index < -0.39 is 6.10 Å². The Balaban J connectivity index is 2.15. The van der Waals surface area contributed by atoms with Crippen LogP contribution in [-0.2, 0) is 0 Å². The third-order valence-corrected chi connectivity index (χ3v) is 2.77. The Labute approximate surface area is 111 Å². The highest BCUT2D eigenvalue weighted by molar-refractivity contribution is 5.68. The minimum atomic E-state index is -0.794. The van der Waals surface area contributed by atoms with Gasteiger partial charge in [-0.25, -0.2) is 4.39 Å². The SMILES string of the molecule is OCC(O)CNc1cccc(-c2cccc(F)c2)c1. The summed E-state index contributed by atoms with van der Waals surface area (Å²) in [5.74, 6) is -0.272. The fraction of sp³-hybridized carbons (Fsp3) is 0.200. The molecule has 1 atom stereocenters. The van der Waals surface area contributed by atoms with Crippen molar-refractivity contribution in [1.82, 2.24) is 0 Å². The van der Waals surface area contributed by atoms with Gasteiger partial charge in [0, 0.05) is 12.2 Å². The Kier molecular flexibility index (Phi) is 4.49. The first-order valence-corrected chi connectivity index (χ1v) is 6.08. The van der Waals surface area contributed by atoms with Gasteiger partial charge in [-0.05, 0) is 35.4 Å². The number of nitrogens with one attached hydrogen (secondary N) is 1. The van der Waals surface area contributed by atoms with E-state index >= 15 is 0 Å². The first kappa shape index (κ1) is 13.5. The summed E-state index contributed by atoms with van der Waals surface area (Å²) >= 11 is 0. The minimum absolute atomic E-state index is 0.267. The lowest BCUT2D eigenvalue weighted by Crippen LogP contribution is -2.22. The molecule has 4 heteroatoms. The average Bonchev–Trinajstić information content (AvgIpc) is 2.45. The second kappa shape index (κ2) is 6.31. The average molecular weight is 261 g/mol. The summed E-state index contributed by atoms with van der Waals surface area (Å²) in [4.78, 5) is 0. The van der Waals surface area contributed by atoms with Crippen LogP contribution in [0.25, 0.3) is 11.1 Å². The molecule has 0 saturated carbocycles. The molecule has 0 amide bonds. The maximum atomic E-state index is 13.2. The molecule has 0 aliphatic rings. The molecule has 0 radical (unpaired) electrons. The van der Waals surface area contributed by atoms with Crippen molar-refractivity contribution in [3.8, 4) is 11.1 Å². The summed E-state index contributed by atoms with van der Waals surface area (Å²) in [5.41, 5.74) is 2.50. The first-order chi connectivity index (χ1) is 9.19. The summed E-state index contributed by atoms with van der Waals surface area (Å²) < 4.78 is 13.2. The molecule has 3 N–H and O–H groups in total. The van der Waals surface area contributed by atoms with Gasteiger partial charge in [0.2, 0.25) is 0 Å². The molecule has 0 aliphatic carbocycles. The van der Waals surface area contributed by atoms with Gasteiger partial charge >= 0.3 is 0 Å². The van der Waals surface area contributed by atoms with Gasteiger partial charge in [0.05, 0.1) is 12.7 Å². The molecule has 0 heterocycles.